The second-order valence-electron chi connectivity index (χ2n) is 32.7. The molecule has 4 N–H and O–H groups in total. The molecule has 3 heterocycles. The fourth-order valence-electron chi connectivity index (χ4n) is 13.5. The van der Waals surface area contributed by atoms with E-state index < -0.39 is 96.7 Å². The summed E-state index contributed by atoms with van der Waals surface area (Å²) in [6.07, 6.45) is 31.3. The molecule has 5 aromatic rings. The molecule has 698 valence electrons. The normalized spacial score (nSPS) is 17.9. The Morgan fingerprint density at radius 1 is 0.444 bits per heavy atom. The van der Waals surface area contributed by atoms with Crippen LogP contribution in [-0.4, -0.2) is 171 Å². The first-order valence-corrected chi connectivity index (χ1v) is 47.4. The van der Waals surface area contributed by atoms with E-state index in [-0.39, 0.29) is 44.2 Å². The van der Waals surface area contributed by atoms with Crippen molar-refractivity contribution in [2.45, 2.75) is 311 Å². The predicted molar refractivity (Wildman–Crippen MR) is 515 cm³/mol. The smallest absolute Gasteiger partial charge is 0.344 e. The van der Waals surface area contributed by atoms with Crippen molar-refractivity contribution >= 4 is 101 Å². The van der Waals surface area contributed by atoms with Crippen LogP contribution in [0.15, 0.2) is 201 Å². The Hall–Kier alpha value is -8.67. The maximum atomic E-state index is 13.0. The number of aliphatic hydroxyl groups is 1. The number of aliphatic carboxylic acids is 1. The number of esters is 6. The minimum atomic E-state index is -2.75. The van der Waals surface area contributed by atoms with Crippen LogP contribution in [0, 0.1) is 0 Å². The van der Waals surface area contributed by atoms with Crippen LogP contribution >= 0.6 is 22.6 Å². The molecule has 0 saturated heterocycles. The predicted octanol–water partition coefficient (Wildman–Crippen LogP) is 20.2. The molecule has 0 amide bonds. The van der Waals surface area contributed by atoms with Gasteiger partial charge in [0.15, 0.2) is 34.9 Å². The number of hydrogen-bond acceptors (Lipinski definition) is 22. The van der Waals surface area contributed by atoms with E-state index in [2.05, 4.69) is 87.7 Å². The van der Waals surface area contributed by atoms with Crippen LogP contribution in [0.5, 0.6) is 0 Å². The molecule has 8 atom stereocenters. The highest BCUT2D eigenvalue weighted by atomic mass is 127. The van der Waals surface area contributed by atoms with E-state index in [0.29, 0.717) is 29.7 Å². The van der Waals surface area contributed by atoms with Crippen LogP contribution in [0.2, 0.25) is 5.04 Å². The average Bonchev–Trinajstić information content (AvgIpc) is 1.19. The fraction of sp³-hybridized carbons (Fsp3) is 0.545. The Labute approximate surface area is 767 Å². The number of carboxylic acids is 1. The van der Waals surface area contributed by atoms with Gasteiger partial charge in [0.1, 0.15) is 5.54 Å². The van der Waals surface area contributed by atoms with Crippen molar-refractivity contribution in [3.63, 3.8) is 0 Å². The molecular weight excluding hydrogens is 1730 g/mol. The van der Waals surface area contributed by atoms with Crippen molar-refractivity contribution in [3.05, 3.63) is 203 Å². The van der Waals surface area contributed by atoms with Gasteiger partial charge in [-0.25, -0.2) is 29.4 Å². The van der Waals surface area contributed by atoms with Gasteiger partial charge in [0.05, 0.1) is 12.7 Å². The number of carboxylic acid groups (broad SMARTS) is 1. The van der Waals surface area contributed by atoms with Crippen LogP contribution in [0.3, 0.4) is 0 Å². The number of aliphatic hydroxyl groups excluding tert-OH is 1. The molecule has 3 aliphatic rings. The van der Waals surface area contributed by atoms with E-state index >= 15 is 0 Å². The molecule has 0 radical (unpaired) electrons. The number of hydrogen-bond donors (Lipinski definition) is 3. The summed E-state index contributed by atoms with van der Waals surface area (Å²) in [7, 11) is -2.75. The van der Waals surface area contributed by atoms with Crippen molar-refractivity contribution in [1.29, 1.82) is 0 Å². The second kappa shape index (κ2) is 61.7. The number of carbonyl (C=O) groups is 7. The molecule has 0 saturated carbocycles. The van der Waals surface area contributed by atoms with Gasteiger partial charge in [0.2, 0.25) is 17.7 Å². The molecule has 3 aliphatic heterocycles. The van der Waals surface area contributed by atoms with E-state index in [1.165, 1.54) is 124 Å². The van der Waals surface area contributed by atoms with E-state index in [0.717, 1.165) is 88.4 Å². The summed E-state index contributed by atoms with van der Waals surface area (Å²) in [5, 5.41) is 20.8. The SMILES string of the molecule is C.C.CC(=O)OC(/C=C/CO[Si](c1ccccc1)(c1ccccc1)C(C)(C)C)[C@]1(C)N=C(c2ccccc2)OC1=O.CC(=O)OC(/C=C/I)[C@]1(C)N=C(c2ccccc2)OC1=O.CCCCCCCOCCC/C=C/C(OC(C)=O)[C@]1(C)N=C(c2ccccc2)OC1=O.CCCCCCCOCCCC.CCCCCCCOCCCCCC(O)[C@](C)(N)C(=O)O. The molecule has 5 aromatic carbocycles. The summed E-state index contributed by atoms with van der Waals surface area (Å²) in [4.78, 5) is 97.0. The first-order chi connectivity index (χ1) is 59.4. The Morgan fingerprint density at radius 2 is 0.738 bits per heavy atom. The number of aliphatic imine (C=N–C) groups is 3. The number of carbonyl (C=O) groups excluding carboxylic acids is 6. The lowest BCUT2D eigenvalue weighted by Gasteiger charge is -2.42. The number of rotatable bonds is 50. The average molecular weight is 1880 g/mol. The molecule has 8 rings (SSSR count). The highest BCUT2D eigenvalue weighted by Gasteiger charge is 2.53. The number of cyclic esters (lactones) is 3. The van der Waals surface area contributed by atoms with Gasteiger partial charge in [-0.3, -0.25) is 19.2 Å². The molecule has 0 fully saturated rings. The number of allylic oxidation sites excluding steroid dienone is 1. The molecule has 0 spiro atoms. The van der Waals surface area contributed by atoms with Crippen LogP contribution < -0.4 is 16.1 Å². The van der Waals surface area contributed by atoms with E-state index in [1.54, 1.807) is 55.2 Å². The van der Waals surface area contributed by atoms with Crippen LogP contribution in [-0.2, 0) is 80.6 Å². The summed E-state index contributed by atoms with van der Waals surface area (Å²) in [6.45, 7) is 30.8. The molecule has 25 heteroatoms. The van der Waals surface area contributed by atoms with Gasteiger partial charge in [-0.05, 0) is 153 Å². The maximum absolute atomic E-state index is 13.0. The summed E-state index contributed by atoms with van der Waals surface area (Å²) in [6, 6.07) is 48.2. The first kappa shape index (κ1) is 113. The topological polar surface area (TPSA) is 315 Å². The third-order valence-corrected chi connectivity index (χ3v) is 26.4. The van der Waals surface area contributed by atoms with Gasteiger partial charge in [0.25, 0.3) is 8.32 Å². The third kappa shape index (κ3) is 38.7. The van der Waals surface area contributed by atoms with E-state index in [9.17, 15) is 38.7 Å². The number of halogens is 1. The minimum absolute atomic E-state index is 0. The number of benzene rings is 5. The van der Waals surface area contributed by atoms with Crippen LogP contribution in [0.25, 0.3) is 0 Å². The molecule has 0 bridgehead atoms. The third-order valence-electron chi connectivity index (χ3n) is 21.0. The standard InChI is InChI=1S/C32H35NO5Si.C25H35NO5.C16H33NO4.C15H14INO4.C11H24O.2CH4/c1-24(34)37-28(32(5)30(35)38-29(33-32)25-16-9-6-10-17-25)22-15-23-36-39(31(2,3)4,26-18-11-7-12-19-26)27-20-13-8-14-21-27;1-4-5-6-7-13-18-29-19-14-9-12-17-22(30-20(2)27)25(3)24(28)31-23(26-25)21-15-10-8-11-16-21;1-3-4-5-6-9-12-21-13-10-7-8-11-14(18)16(2,17)15(19)20;1-10(18)20-12(8-9-16)15(2)14(19)21-13(17-15)11-6-4-3-5-7-11;1-3-5-7-8-9-11-12-10-6-4-2;;/h6-22,28H,23H2,1-5H3;8,10-12,15-17,22H,4-7,9,13-14,18-19H2,1-3H3;14,18H,3-13,17H2,1-2H3,(H,19,20);3-9,12H,1-2H3;3-11H2,1-2H3;2*1H4/b22-15+;17-12+;;9-8+;;;/t28?,32-;22?,25-;14?,16-;12?,15-;;;/m0000.../s1. The minimum Gasteiger partial charge on any atom is -0.480 e. The summed E-state index contributed by atoms with van der Waals surface area (Å²) < 4.78 is 57.6. The monoisotopic (exact) mass is 1880 g/mol. The molecule has 126 heavy (non-hydrogen) atoms. The maximum Gasteiger partial charge on any atom is 0.344 e. The van der Waals surface area contributed by atoms with E-state index in [4.69, 9.17) is 57.9 Å². The first-order valence-electron chi connectivity index (χ1n) is 44.3. The van der Waals surface area contributed by atoms with Gasteiger partial charge >= 0.3 is 41.8 Å². The lowest BCUT2D eigenvalue weighted by atomic mass is 9.92. The lowest BCUT2D eigenvalue weighted by molar-refractivity contribution is -0.154. The Balaban J connectivity index is 0.000000557. The van der Waals surface area contributed by atoms with Crippen LogP contribution in [0.1, 0.15) is 276 Å². The quantitative estimate of drug-likeness (QED) is 0.00813. The van der Waals surface area contributed by atoms with E-state index in [1.807, 2.05) is 150 Å². The molecule has 4 unspecified atom stereocenters. The highest BCUT2D eigenvalue weighted by Crippen LogP contribution is 2.38. The van der Waals surface area contributed by atoms with Gasteiger partial charge in [-0.15, -0.1) is 0 Å². The zero-order valence-electron chi connectivity index (χ0n) is 76.1. The number of nitrogens with zero attached hydrogens (tertiary/aromatic N) is 3. The Morgan fingerprint density at radius 3 is 1.05 bits per heavy atom. The zero-order valence-corrected chi connectivity index (χ0v) is 79.2. The second-order valence-corrected chi connectivity index (χ2v) is 37.8. The number of ether oxygens (including phenoxy) is 9. The van der Waals surface area contributed by atoms with Gasteiger partial charge < -0.3 is 63.0 Å². The fourth-order valence-corrected chi connectivity index (χ4v) is 18.3. The van der Waals surface area contributed by atoms with Crippen molar-refractivity contribution in [1.82, 2.24) is 0 Å². The Bertz CT molecular complexity index is 4080. The molecule has 0 aromatic heterocycles. The Kier molecular flexibility index (Phi) is 55.5. The summed E-state index contributed by atoms with van der Waals surface area (Å²) >= 11 is 1.99. The zero-order chi connectivity index (χ0) is 91.3. The molecule has 23 nitrogen and oxygen atoms in total. The van der Waals surface area contributed by atoms with Gasteiger partial charge in [-0.2, -0.15) is 0 Å². The van der Waals surface area contributed by atoms with Crippen molar-refractivity contribution in [2.24, 2.45) is 20.7 Å². The lowest BCUT2D eigenvalue weighted by Crippen LogP contribution is -2.66. The largest absolute Gasteiger partial charge is 0.480 e. The van der Waals surface area contributed by atoms with Crippen molar-refractivity contribution < 1.29 is 90.8 Å². The van der Waals surface area contributed by atoms with Gasteiger partial charge in [0, 0.05) is 77.1 Å². The summed E-state index contributed by atoms with van der Waals surface area (Å²) in [5.74, 6) is -3.60. The van der Waals surface area contributed by atoms with Crippen molar-refractivity contribution in [2.75, 3.05) is 46.2 Å². The van der Waals surface area contributed by atoms with Crippen LogP contribution in [0.4, 0.5) is 0 Å². The van der Waals surface area contributed by atoms with Gasteiger partial charge in [-0.1, -0.05) is 310 Å². The number of nitrogens with two attached hydrogens (primary N) is 1. The van der Waals surface area contributed by atoms with Crippen molar-refractivity contribution in [3.8, 4) is 0 Å². The molecular formula is C101H149IN4O19Si. The summed E-state index contributed by atoms with van der Waals surface area (Å²) in [5.41, 5.74) is 2.06. The molecule has 0 aliphatic carbocycles. The highest BCUT2D eigenvalue weighted by molar-refractivity contribution is 14.1. The number of unbranched alkanes of at least 4 members (excludes halogenated alkanes) is 16.